The number of hydrogen-bond acceptors (Lipinski definition) is 2. The number of anilines is 5. The van der Waals surface area contributed by atoms with Gasteiger partial charge in [0.1, 0.15) is 0 Å². The van der Waals surface area contributed by atoms with E-state index in [0.717, 1.165) is 45.1 Å². The molecule has 2 nitrogen and oxygen atoms in total. The first-order chi connectivity index (χ1) is 25.0. The summed E-state index contributed by atoms with van der Waals surface area (Å²) < 4.78 is 0. The topological polar surface area (TPSA) is 6.48 Å². The number of benzene rings is 7. The third-order valence-electron chi connectivity index (χ3n) is 9.08. The summed E-state index contributed by atoms with van der Waals surface area (Å²) in [5.41, 5.74) is 15.1. The summed E-state index contributed by atoms with van der Waals surface area (Å²) in [7, 11) is 0. The minimum atomic E-state index is 1.10. The van der Waals surface area contributed by atoms with Gasteiger partial charge in [-0.1, -0.05) is 145 Å². The Morgan fingerprint density at radius 2 is 0.804 bits per heavy atom. The van der Waals surface area contributed by atoms with Crippen molar-refractivity contribution in [3.05, 3.63) is 227 Å². The van der Waals surface area contributed by atoms with Crippen LogP contribution in [0.3, 0.4) is 0 Å². The van der Waals surface area contributed by atoms with Gasteiger partial charge >= 0.3 is 0 Å². The highest BCUT2D eigenvalue weighted by atomic mass is 15.1. The molecule has 0 saturated carbocycles. The molecule has 7 aromatic rings. The lowest BCUT2D eigenvalue weighted by Gasteiger charge is -2.26. The largest absolute Gasteiger partial charge is 0.317 e. The Kier molecular flexibility index (Phi) is 10.0. The van der Waals surface area contributed by atoms with Crippen molar-refractivity contribution in [2.45, 2.75) is 20.8 Å². The smallest absolute Gasteiger partial charge is 0.0462 e. The molecule has 51 heavy (non-hydrogen) atoms. The van der Waals surface area contributed by atoms with E-state index < -0.39 is 0 Å². The molecule has 7 rings (SSSR count). The number of nitrogens with zero attached hydrogens (tertiary/aromatic N) is 2. The van der Waals surface area contributed by atoms with Crippen LogP contribution in [0.5, 0.6) is 0 Å². The Labute approximate surface area is 302 Å². The predicted molar refractivity (Wildman–Crippen MR) is 219 cm³/mol. The van der Waals surface area contributed by atoms with Gasteiger partial charge in [0, 0.05) is 40.2 Å². The monoisotopic (exact) mass is 658 g/mol. The average molecular weight is 659 g/mol. The van der Waals surface area contributed by atoms with Crippen molar-refractivity contribution in [2.75, 3.05) is 9.80 Å². The molecule has 0 aliphatic heterocycles. The molecular weight excluding hydrogens is 617 g/mol. The van der Waals surface area contributed by atoms with Crippen molar-refractivity contribution in [1.82, 2.24) is 0 Å². The van der Waals surface area contributed by atoms with E-state index in [1.165, 1.54) is 27.8 Å². The van der Waals surface area contributed by atoms with E-state index in [-0.39, 0.29) is 0 Å². The van der Waals surface area contributed by atoms with Crippen molar-refractivity contribution < 1.29 is 0 Å². The highest BCUT2D eigenvalue weighted by molar-refractivity contribution is 5.84. The maximum Gasteiger partial charge on any atom is 0.0462 e. The summed E-state index contributed by atoms with van der Waals surface area (Å²) in [5.74, 6) is 0. The summed E-state index contributed by atoms with van der Waals surface area (Å²) in [6.07, 6.45) is 6.63. The van der Waals surface area contributed by atoms with E-state index in [1.807, 2.05) is 0 Å². The van der Waals surface area contributed by atoms with Gasteiger partial charge in [-0.3, -0.25) is 0 Å². The van der Waals surface area contributed by atoms with Crippen molar-refractivity contribution in [2.24, 2.45) is 0 Å². The molecule has 0 aromatic heterocycles. The van der Waals surface area contributed by atoms with Crippen molar-refractivity contribution in [1.29, 1.82) is 0 Å². The zero-order chi connectivity index (χ0) is 35.0. The Morgan fingerprint density at radius 3 is 1.25 bits per heavy atom. The normalized spacial score (nSPS) is 11.0. The molecule has 0 fully saturated rings. The van der Waals surface area contributed by atoms with E-state index in [4.69, 9.17) is 0 Å². The summed E-state index contributed by atoms with van der Waals surface area (Å²) in [5, 5.41) is 0. The third-order valence-corrected chi connectivity index (χ3v) is 9.08. The van der Waals surface area contributed by atoms with Crippen LogP contribution in [0, 0.1) is 20.8 Å². The Bertz CT molecular complexity index is 2140. The Hall–Kier alpha value is -6.38. The minimum Gasteiger partial charge on any atom is -0.317 e. The fourth-order valence-corrected chi connectivity index (χ4v) is 6.26. The van der Waals surface area contributed by atoms with Crippen LogP contribution in [0.4, 0.5) is 28.4 Å². The molecule has 0 unspecified atom stereocenters. The van der Waals surface area contributed by atoms with Gasteiger partial charge in [-0.15, -0.1) is 0 Å². The van der Waals surface area contributed by atoms with Gasteiger partial charge in [0.2, 0.25) is 0 Å². The van der Waals surface area contributed by atoms with Crippen molar-refractivity contribution in [3.8, 4) is 0 Å². The van der Waals surface area contributed by atoms with Crippen LogP contribution in [0.2, 0.25) is 0 Å². The molecule has 0 atom stereocenters. The molecule has 0 amide bonds. The molecule has 0 N–H and O–H groups in total. The second-order valence-electron chi connectivity index (χ2n) is 13.0. The fourth-order valence-electron chi connectivity index (χ4n) is 6.26. The highest BCUT2D eigenvalue weighted by Gasteiger charge is 2.14. The lowest BCUT2D eigenvalue weighted by atomic mass is 9.98. The van der Waals surface area contributed by atoms with Gasteiger partial charge < -0.3 is 9.80 Å². The van der Waals surface area contributed by atoms with E-state index in [1.54, 1.807) is 0 Å². The van der Waals surface area contributed by atoms with Gasteiger partial charge in [0.15, 0.2) is 0 Å². The molecule has 0 spiro atoms. The minimum absolute atomic E-state index is 1.10. The van der Waals surface area contributed by atoms with Crippen molar-refractivity contribution >= 4 is 46.2 Å². The SMILES string of the molecule is Cc1ccc(N(c2ccc(C)cc2)c2ccc(/C=C/c3ccc(N(C=C(c4ccccc4)c4ccccc4)c4cccc(C)c4)cc3)cc2)cc1. The van der Waals surface area contributed by atoms with Crippen LogP contribution >= 0.6 is 0 Å². The number of rotatable bonds is 10. The first kappa shape index (κ1) is 33.1. The molecule has 0 aliphatic carbocycles. The number of aryl methyl sites for hydroxylation is 3. The molecule has 0 bridgehead atoms. The maximum atomic E-state index is 2.31. The molecule has 0 saturated heterocycles. The molecule has 248 valence electrons. The third kappa shape index (κ3) is 8.09. The lowest BCUT2D eigenvalue weighted by Crippen LogP contribution is -2.10. The van der Waals surface area contributed by atoms with E-state index in [2.05, 4.69) is 231 Å². The highest BCUT2D eigenvalue weighted by Crippen LogP contribution is 2.36. The Morgan fingerprint density at radius 1 is 0.373 bits per heavy atom. The van der Waals surface area contributed by atoms with Gasteiger partial charge in [-0.25, -0.2) is 0 Å². The van der Waals surface area contributed by atoms with Gasteiger partial charge in [0.25, 0.3) is 0 Å². The lowest BCUT2D eigenvalue weighted by molar-refractivity contribution is 1.27. The van der Waals surface area contributed by atoms with E-state index in [9.17, 15) is 0 Å². The van der Waals surface area contributed by atoms with Crippen LogP contribution in [0.25, 0.3) is 17.7 Å². The summed E-state index contributed by atoms with van der Waals surface area (Å²) in [6.45, 7) is 6.39. The standard InChI is InChI=1S/C49H42N2/c1-37-17-27-45(28-18-37)51(46-29-19-38(2)20-30-46)47-33-25-41(26-34-47)22-21-40-23-31-44(32-24-40)50(48-16-10-11-39(3)35-48)36-49(42-12-6-4-7-13-42)43-14-8-5-9-15-43/h4-36H,1-3H3/b22-21+. The summed E-state index contributed by atoms with van der Waals surface area (Å²) >= 11 is 0. The van der Waals surface area contributed by atoms with Crippen LogP contribution in [-0.4, -0.2) is 0 Å². The molecular formula is C49H42N2. The van der Waals surface area contributed by atoms with Gasteiger partial charge in [0.05, 0.1) is 0 Å². The van der Waals surface area contributed by atoms with Gasteiger partial charge in [-0.2, -0.15) is 0 Å². The first-order valence-corrected chi connectivity index (χ1v) is 17.5. The summed E-state index contributed by atoms with van der Waals surface area (Å²) in [4.78, 5) is 4.60. The summed E-state index contributed by atoms with van der Waals surface area (Å²) in [6, 6.07) is 64.9. The zero-order valence-corrected chi connectivity index (χ0v) is 29.4. The second kappa shape index (κ2) is 15.4. The van der Waals surface area contributed by atoms with Crippen LogP contribution < -0.4 is 9.80 Å². The van der Waals surface area contributed by atoms with E-state index >= 15 is 0 Å². The maximum absolute atomic E-state index is 2.31. The van der Waals surface area contributed by atoms with Crippen LogP contribution in [0.15, 0.2) is 188 Å². The van der Waals surface area contributed by atoms with Gasteiger partial charge in [-0.05, 0) is 109 Å². The molecule has 0 aliphatic rings. The molecule has 0 radical (unpaired) electrons. The molecule has 0 heterocycles. The predicted octanol–water partition coefficient (Wildman–Crippen LogP) is 13.5. The Balaban J connectivity index is 1.17. The first-order valence-electron chi connectivity index (χ1n) is 17.5. The van der Waals surface area contributed by atoms with Crippen molar-refractivity contribution in [3.63, 3.8) is 0 Å². The zero-order valence-electron chi connectivity index (χ0n) is 29.4. The molecule has 2 heteroatoms. The van der Waals surface area contributed by atoms with E-state index in [0.29, 0.717) is 0 Å². The number of hydrogen-bond donors (Lipinski definition) is 0. The second-order valence-corrected chi connectivity index (χ2v) is 13.0. The quantitative estimate of drug-likeness (QED) is 0.135. The fraction of sp³-hybridized carbons (Fsp3) is 0.0612. The van der Waals surface area contributed by atoms with Crippen LogP contribution in [-0.2, 0) is 0 Å². The van der Waals surface area contributed by atoms with Crippen LogP contribution in [0.1, 0.15) is 38.9 Å². The molecule has 7 aromatic carbocycles. The average Bonchev–Trinajstić information content (AvgIpc) is 3.17.